The Labute approximate surface area is 185 Å². The van der Waals surface area contributed by atoms with Crippen molar-refractivity contribution < 1.29 is 17.9 Å². The number of carbonyl (C=O) groups excluding carboxylic acids is 1. The zero-order chi connectivity index (χ0) is 22.4. The summed E-state index contributed by atoms with van der Waals surface area (Å²) in [6.07, 6.45) is 3.04. The lowest BCUT2D eigenvalue weighted by atomic mass is 10.2. The number of rotatable bonds is 10. The summed E-state index contributed by atoms with van der Waals surface area (Å²) in [7, 11) is -1.83. The smallest absolute Gasteiger partial charge is 0.261 e. The summed E-state index contributed by atoms with van der Waals surface area (Å²) in [5.74, 6) is 0.392. The van der Waals surface area contributed by atoms with Gasteiger partial charge < -0.3 is 15.0 Å². The maximum Gasteiger partial charge on any atom is 0.261 e. The van der Waals surface area contributed by atoms with Crippen molar-refractivity contribution >= 4 is 27.3 Å². The lowest BCUT2D eigenvalue weighted by Gasteiger charge is -2.21. The molecule has 0 fully saturated rings. The van der Waals surface area contributed by atoms with Gasteiger partial charge in [0.25, 0.3) is 5.91 Å². The van der Waals surface area contributed by atoms with Crippen LogP contribution in [-0.2, 0) is 21.2 Å². The van der Waals surface area contributed by atoms with Gasteiger partial charge in [-0.15, -0.1) is 0 Å². The predicted octanol–water partition coefficient (Wildman–Crippen LogP) is 2.81. The van der Waals surface area contributed by atoms with E-state index in [2.05, 4.69) is 34.5 Å². The number of nitrogens with one attached hydrogen (secondary N) is 1. The van der Waals surface area contributed by atoms with Crippen molar-refractivity contribution in [3.8, 4) is 5.75 Å². The molecule has 2 aromatic carbocycles. The highest BCUT2D eigenvalue weighted by Gasteiger charge is 2.20. The van der Waals surface area contributed by atoms with Crippen LogP contribution >= 0.6 is 0 Å². The van der Waals surface area contributed by atoms with Crippen LogP contribution in [0.5, 0.6) is 5.75 Å². The Morgan fingerprint density at radius 3 is 2.58 bits per heavy atom. The first-order valence-corrected chi connectivity index (χ1v) is 12.5. The molecule has 0 aliphatic carbocycles. The Morgan fingerprint density at radius 1 is 1.19 bits per heavy atom. The summed E-state index contributed by atoms with van der Waals surface area (Å²) in [5, 5.41) is 2.97. The molecule has 3 rings (SSSR count). The number of anilines is 2. The van der Waals surface area contributed by atoms with E-state index in [0.29, 0.717) is 24.4 Å². The Bertz CT molecular complexity index is 992. The first kappa shape index (κ1) is 22.9. The van der Waals surface area contributed by atoms with Crippen molar-refractivity contribution in [2.24, 2.45) is 0 Å². The highest BCUT2D eigenvalue weighted by molar-refractivity contribution is 7.92. The van der Waals surface area contributed by atoms with Crippen LogP contribution < -0.4 is 19.3 Å². The first-order valence-electron chi connectivity index (χ1n) is 10.6. The van der Waals surface area contributed by atoms with Gasteiger partial charge in [0, 0.05) is 32.4 Å². The van der Waals surface area contributed by atoms with Crippen LogP contribution in [0.25, 0.3) is 0 Å². The Kier molecular flexibility index (Phi) is 7.43. The third-order valence-electron chi connectivity index (χ3n) is 5.53. The average Bonchev–Trinajstić information content (AvgIpc) is 3.17. The molecular formula is C23H31N3O4S. The molecule has 168 valence electrons. The molecule has 1 aliphatic rings. The van der Waals surface area contributed by atoms with Gasteiger partial charge in [-0.2, -0.15) is 0 Å². The fourth-order valence-electron chi connectivity index (χ4n) is 3.65. The van der Waals surface area contributed by atoms with E-state index in [9.17, 15) is 13.2 Å². The second-order valence-electron chi connectivity index (χ2n) is 7.75. The molecule has 1 unspecified atom stereocenters. The number of ether oxygens (including phenoxy) is 1. The SMILES string of the molecule is CCC(Oc1ccc(N(C)S(C)(=O)=O)cc1)C(=O)NCCCN1CCc2ccccc21. The maximum absolute atomic E-state index is 12.5. The molecular weight excluding hydrogens is 414 g/mol. The van der Waals surface area contributed by atoms with E-state index in [1.165, 1.54) is 22.6 Å². The molecule has 0 aromatic heterocycles. The standard InChI is InChI=1S/C23H31N3O4S/c1-4-22(30-20-12-10-19(11-13-20)25(2)31(3,28)29)23(27)24-15-7-16-26-17-14-18-8-5-6-9-21(18)26/h5-6,8-13,22H,4,7,14-17H2,1-3H3,(H,24,27). The van der Waals surface area contributed by atoms with E-state index in [4.69, 9.17) is 4.74 Å². The van der Waals surface area contributed by atoms with Crippen molar-refractivity contribution in [2.45, 2.75) is 32.3 Å². The minimum Gasteiger partial charge on any atom is -0.481 e. The molecule has 0 spiro atoms. The van der Waals surface area contributed by atoms with E-state index in [-0.39, 0.29) is 5.91 Å². The number of hydrogen-bond donors (Lipinski definition) is 1. The molecule has 1 atom stereocenters. The van der Waals surface area contributed by atoms with Gasteiger partial charge in [-0.1, -0.05) is 25.1 Å². The number of hydrogen-bond acceptors (Lipinski definition) is 5. The van der Waals surface area contributed by atoms with Crippen LogP contribution in [0.2, 0.25) is 0 Å². The molecule has 1 heterocycles. The Hall–Kier alpha value is -2.74. The number of carbonyl (C=O) groups is 1. The van der Waals surface area contributed by atoms with Crippen LogP contribution in [0.15, 0.2) is 48.5 Å². The largest absolute Gasteiger partial charge is 0.481 e. The van der Waals surface area contributed by atoms with E-state index in [1.807, 2.05) is 6.92 Å². The van der Waals surface area contributed by atoms with E-state index < -0.39 is 16.1 Å². The topological polar surface area (TPSA) is 78.9 Å². The van der Waals surface area contributed by atoms with Crippen molar-refractivity contribution in [3.05, 3.63) is 54.1 Å². The van der Waals surface area contributed by atoms with Gasteiger partial charge in [0.1, 0.15) is 5.75 Å². The van der Waals surface area contributed by atoms with E-state index in [1.54, 1.807) is 24.3 Å². The van der Waals surface area contributed by atoms with Crippen molar-refractivity contribution in [3.63, 3.8) is 0 Å². The highest BCUT2D eigenvalue weighted by Crippen LogP contribution is 2.27. The average molecular weight is 446 g/mol. The lowest BCUT2D eigenvalue weighted by Crippen LogP contribution is -2.39. The number of nitrogens with zero attached hydrogens (tertiary/aromatic N) is 2. The number of sulfonamides is 1. The van der Waals surface area contributed by atoms with Crippen molar-refractivity contribution in [1.29, 1.82) is 0 Å². The zero-order valence-electron chi connectivity index (χ0n) is 18.4. The third-order valence-corrected chi connectivity index (χ3v) is 6.73. The molecule has 31 heavy (non-hydrogen) atoms. The summed E-state index contributed by atoms with van der Waals surface area (Å²) >= 11 is 0. The molecule has 1 N–H and O–H groups in total. The number of para-hydroxylation sites is 1. The minimum absolute atomic E-state index is 0.137. The molecule has 2 aromatic rings. The number of benzene rings is 2. The van der Waals surface area contributed by atoms with Gasteiger partial charge in [0.15, 0.2) is 6.10 Å². The number of fused-ring (bicyclic) bond motifs is 1. The molecule has 0 bridgehead atoms. The number of amides is 1. The highest BCUT2D eigenvalue weighted by atomic mass is 32.2. The van der Waals surface area contributed by atoms with Crippen LogP contribution in [0, 0.1) is 0 Å². The van der Waals surface area contributed by atoms with Crippen molar-refractivity contribution in [2.75, 3.05) is 42.1 Å². The molecule has 8 heteroatoms. The zero-order valence-corrected chi connectivity index (χ0v) is 19.2. The normalized spacial score (nSPS) is 14.1. The fraction of sp³-hybridized carbons (Fsp3) is 0.435. The van der Waals surface area contributed by atoms with Crippen LogP contribution in [0.1, 0.15) is 25.3 Å². The van der Waals surface area contributed by atoms with E-state index >= 15 is 0 Å². The van der Waals surface area contributed by atoms with Gasteiger partial charge in [0.05, 0.1) is 11.9 Å². The van der Waals surface area contributed by atoms with Crippen LogP contribution in [-0.4, -0.2) is 53.4 Å². The molecule has 1 aliphatic heterocycles. The molecule has 1 amide bonds. The Balaban J connectivity index is 1.46. The van der Waals surface area contributed by atoms with Crippen LogP contribution in [0.3, 0.4) is 0 Å². The Morgan fingerprint density at radius 2 is 1.90 bits per heavy atom. The van der Waals surface area contributed by atoms with Crippen molar-refractivity contribution in [1.82, 2.24) is 5.32 Å². The quantitative estimate of drug-likeness (QED) is 0.569. The molecule has 7 nitrogen and oxygen atoms in total. The first-order chi connectivity index (χ1) is 14.8. The summed E-state index contributed by atoms with van der Waals surface area (Å²) in [6.45, 7) is 4.43. The second kappa shape index (κ2) is 10.0. The maximum atomic E-state index is 12.5. The second-order valence-corrected chi connectivity index (χ2v) is 9.76. The molecule has 0 saturated heterocycles. The molecule has 0 radical (unpaired) electrons. The molecule has 0 saturated carbocycles. The lowest BCUT2D eigenvalue weighted by molar-refractivity contribution is -0.128. The summed E-state index contributed by atoms with van der Waals surface area (Å²) in [4.78, 5) is 14.9. The third kappa shape index (κ3) is 5.91. The minimum atomic E-state index is -3.32. The fourth-order valence-corrected chi connectivity index (χ4v) is 4.15. The van der Waals surface area contributed by atoms with Gasteiger partial charge in [-0.25, -0.2) is 8.42 Å². The monoisotopic (exact) mass is 445 g/mol. The summed E-state index contributed by atoms with van der Waals surface area (Å²) < 4.78 is 30.3. The van der Waals surface area contributed by atoms with Gasteiger partial charge in [0.2, 0.25) is 10.0 Å². The van der Waals surface area contributed by atoms with Gasteiger partial charge in [-0.3, -0.25) is 9.10 Å². The van der Waals surface area contributed by atoms with Gasteiger partial charge in [-0.05, 0) is 55.2 Å². The summed E-state index contributed by atoms with van der Waals surface area (Å²) in [5.41, 5.74) is 3.23. The van der Waals surface area contributed by atoms with E-state index in [0.717, 1.165) is 32.2 Å². The van der Waals surface area contributed by atoms with Gasteiger partial charge >= 0.3 is 0 Å². The summed E-state index contributed by atoms with van der Waals surface area (Å²) in [6, 6.07) is 15.1. The predicted molar refractivity (Wildman–Crippen MR) is 124 cm³/mol. The van der Waals surface area contributed by atoms with Crippen LogP contribution in [0.4, 0.5) is 11.4 Å².